The first-order valence-corrected chi connectivity index (χ1v) is 8.22. The summed E-state index contributed by atoms with van der Waals surface area (Å²) in [6.45, 7) is 2.12. The third kappa shape index (κ3) is 4.18. The molecule has 0 aromatic heterocycles. The monoisotopic (exact) mass is 333 g/mol. The van der Waals surface area contributed by atoms with E-state index in [1.54, 1.807) is 14.2 Å². The molecule has 2 N–H and O–H groups in total. The predicted molar refractivity (Wildman–Crippen MR) is 95.6 cm³/mol. The summed E-state index contributed by atoms with van der Waals surface area (Å²) in [5.41, 5.74) is 9.87. The number of ether oxygens (including phenoxy) is 2. The molecule has 124 valence electrons. The van der Waals surface area contributed by atoms with E-state index in [1.165, 1.54) is 5.56 Å². The molecule has 0 bridgehead atoms. The van der Waals surface area contributed by atoms with Crippen molar-refractivity contribution in [1.29, 1.82) is 0 Å². The molecule has 2 aromatic rings. The quantitative estimate of drug-likeness (QED) is 0.808. The Kier molecular flexibility index (Phi) is 6.31. The van der Waals surface area contributed by atoms with E-state index in [0.29, 0.717) is 5.75 Å². The Labute approximate surface area is 143 Å². The minimum Gasteiger partial charge on any atom is -0.493 e. The highest BCUT2D eigenvalue weighted by molar-refractivity contribution is 6.31. The smallest absolute Gasteiger partial charge is 0.161 e. The lowest BCUT2D eigenvalue weighted by atomic mass is 9.94. The molecular formula is C19H24ClNO2. The highest BCUT2D eigenvalue weighted by Gasteiger charge is 2.16. The highest BCUT2D eigenvalue weighted by Crippen LogP contribution is 2.34. The van der Waals surface area contributed by atoms with Gasteiger partial charge >= 0.3 is 0 Å². The van der Waals surface area contributed by atoms with Crippen LogP contribution in [0.15, 0.2) is 36.4 Å². The predicted octanol–water partition coefficient (Wildman–Crippen LogP) is 4.55. The zero-order valence-corrected chi connectivity index (χ0v) is 14.7. The number of aryl methyl sites for hydroxylation is 2. The van der Waals surface area contributed by atoms with E-state index in [4.69, 9.17) is 26.8 Å². The molecule has 4 heteroatoms. The maximum Gasteiger partial charge on any atom is 0.161 e. The summed E-state index contributed by atoms with van der Waals surface area (Å²) in [6.07, 6.45) is 2.57. The van der Waals surface area contributed by atoms with Crippen molar-refractivity contribution in [3.05, 3.63) is 58.1 Å². The molecule has 1 unspecified atom stereocenters. The Morgan fingerprint density at radius 3 is 2.30 bits per heavy atom. The van der Waals surface area contributed by atoms with Gasteiger partial charge < -0.3 is 15.2 Å². The largest absolute Gasteiger partial charge is 0.493 e. The lowest BCUT2D eigenvalue weighted by molar-refractivity contribution is 0.353. The molecule has 3 nitrogen and oxygen atoms in total. The Morgan fingerprint density at radius 1 is 1.04 bits per heavy atom. The molecule has 1 atom stereocenters. The summed E-state index contributed by atoms with van der Waals surface area (Å²) in [4.78, 5) is 0. The van der Waals surface area contributed by atoms with Crippen molar-refractivity contribution in [3.63, 3.8) is 0 Å². The first-order valence-electron chi connectivity index (χ1n) is 7.84. The van der Waals surface area contributed by atoms with Gasteiger partial charge in [-0.2, -0.15) is 0 Å². The fraction of sp³-hybridized carbons (Fsp3) is 0.368. The van der Waals surface area contributed by atoms with Gasteiger partial charge in [-0.05, 0) is 54.2 Å². The van der Waals surface area contributed by atoms with E-state index in [2.05, 4.69) is 6.92 Å². The average molecular weight is 334 g/mol. The molecule has 0 aliphatic heterocycles. The van der Waals surface area contributed by atoms with E-state index >= 15 is 0 Å². The van der Waals surface area contributed by atoms with Crippen LogP contribution in [-0.2, 0) is 12.8 Å². The molecule has 0 saturated heterocycles. The third-order valence-corrected chi connectivity index (χ3v) is 4.48. The second-order valence-corrected chi connectivity index (χ2v) is 5.90. The molecular weight excluding hydrogens is 310 g/mol. The average Bonchev–Trinajstić information content (AvgIpc) is 2.59. The van der Waals surface area contributed by atoms with Gasteiger partial charge in [-0.15, -0.1) is 0 Å². The van der Waals surface area contributed by atoms with Gasteiger partial charge in [0.15, 0.2) is 11.5 Å². The molecule has 0 aliphatic carbocycles. The van der Waals surface area contributed by atoms with Crippen molar-refractivity contribution in [3.8, 4) is 11.5 Å². The normalized spacial score (nSPS) is 12.0. The van der Waals surface area contributed by atoms with Crippen molar-refractivity contribution >= 4 is 11.6 Å². The van der Waals surface area contributed by atoms with Crippen LogP contribution in [0.25, 0.3) is 0 Å². The van der Waals surface area contributed by atoms with Crippen molar-refractivity contribution < 1.29 is 9.47 Å². The maximum atomic E-state index is 6.44. The van der Waals surface area contributed by atoms with E-state index < -0.39 is 0 Å². The molecule has 0 radical (unpaired) electrons. The minimum absolute atomic E-state index is 0.0685. The summed E-state index contributed by atoms with van der Waals surface area (Å²) in [7, 11) is 3.29. The standard InChI is InChI=1S/C19H24ClNO2/c1-4-13-11-18(22-2)19(23-3)12-15(13)17(21)10-9-14-7-5-6-8-16(14)20/h5-8,11-12,17H,4,9-10,21H2,1-3H3. The first-order chi connectivity index (χ1) is 11.1. The van der Waals surface area contributed by atoms with E-state index in [9.17, 15) is 0 Å². The summed E-state index contributed by atoms with van der Waals surface area (Å²) in [5.74, 6) is 1.46. The van der Waals surface area contributed by atoms with Crippen LogP contribution >= 0.6 is 11.6 Å². The molecule has 0 amide bonds. The van der Waals surface area contributed by atoms with E-state index in [-0.39, 0.29) is 6.04 Å². The lowest BCUT2D eigenvalue weighted by Crippen LogP contribution is -2.14. The molecule has 0 saturated carbocycles. The number of rotatable bonds is 7. The van der Waals surface area contributed by atoms with Crippen LogP contribution in [0.3, 0.4) is 0 Å². The minimum atomic E-state index is -0.0685. The summed E-state index contributed by atoms with van der Waals surface area (Å²) in [6, 6.07) is 11.8. The SMILES string of the molecule is CCc1cc(OC)c(OC)cc1C(N)CCc1ccccc1Cl. The Morgan fingerprint density at radius 2 is 1.70 bits per heavy atom. The van der Waals surface area contributed by atoms with Gasteiger partial charge in [-0.25, -0.2) is 0 Å². The van der Waals surface area contributed by atoms with Gasteiger partial charge in [0, 0.05) is 11.1 Å². The first kappa shape index (κ1) is 17.6. The highest BCUT2D eigenvalue weighted by atomic mass is 35.5. The zero-order chi connectivity index (χ0) is 16.8. The number of nitrogens with two attached hydrogens (primary N) is 1. The van der Waals surface area contributed by atoms with Crippen molar-refractivity contribution in [2.45, 2.75) is 32.2 Å². The maximum absolute atomic E-state index is 6.44. The number of hydrogen-bond acceptors (Lipinski definition) is 3. The van der Waals surface area contributed by atoms with Gasteiger partial charge in [0.1, 0.15) is 0 Å². The number of hydrogen-bond donors (Lipinski definition) is 1. The van der Waals surface area contributed by atoms with Crippen LogP contribution in [0, 0.1) is 0 Å². The van der Waals surface area contributed by atoms with Crippen LogP contribution in [-0.4, -0.2) is 14.2 Å². The topological polar surface area (TPSA) is 44.5 Å². The van der Waals surface area contributed by atoms with Crippen LogP contribution in [0.4, 0.5) is 0 Å². The molecule has 0 heterocycles. The van der Waals surface area contributed by atoms with Crippen molar-refractivity contribution in [2.75, 3.05) is 14.2 Å². The number of halogens is 1. The summed E-state index contributed by atoms with van der Waals surface area (Å²) >= 11 is 6.22. The van der Waals surface area contributed by atoms with Crippen LogP contribution in [0.1, 0.15) is 36.1 Å². The van der Waals surface area contributed by atoms with Crippen molar-refractivity contribution in [2.24, 2.45) is 5.73 Å². The van der Waals surface area contributed by atoms with Gasteiger partial charge in [0.2, 0.25) is 0 Å². The fourth-order valence-electron chi connectivity index (χ4n) is 2.76. The fourth-order valence-corrected chi connectivity index (χ4v) is 2.99. The molecule has 0 spiro atoms. The lowest BCUT2D eigenvalue weighted by Gasteiger charge is -2.19. The van der Waals surface area contributed by atoms with Gasteiger partial charge in [-0.1, -0.05) is 36.7 Å². The van der Waals surface area contributed by atoms with Crippen LogP contribution in [0.5, 0.6) is 11.5 Å². The van der Waals surface area contributed by atoms with Crippen LogP contribution in [0.2, 0.25) is 5.02 Å². The zero-order valence-electron chi connectivity index (χ0n) is 13.9. The van der Waals surface area contributed by atoms with Crippen molar-refractivity contribution in [1.82, 2.24) is 0 Å². The summed E-state index contributed by atoms with van der Waals surface area (Å²) in [5, 5.41) is 0.794. The van der Waals surface area contributed by atoms with E-state index in [0.717, 1.165) is 41.2 Å². The third-order valence-electron chi connectivity index (χ3n) is 4.11. The molecule has 23 heavy (non-hydrogen) atoms. The molecule has 2 aromatic carbocycles. The summed E-state index contributed by atoms with van der Waals surface area (Å²) < 4.78 is 10.8. The molecule has 0 fully saturated rings. The molecule has 0 aliphatic rings. The van der Waals surface area contributed by atoms with Gasteiger partial charge in [-0.3, -0.25) is 0 Å². The van der Waals surface area contributed by atoms with Crippen LogP contribution < -0.4 is 15.2 Å². The second kappa shape index (κ2) is 8.23. The molecule has 2 rings (SSSR count). The Bertz CT molecular complexity index is 658. The second-order valence-electron chi connectivity index (χ2n) is 5.50. The van der Waals surface area contributed by atoms with E-state index in [1.807, 2.05) is 36.4 Å². The van der Waals surface area contributed by atoms with Gasteiger partial charge in [0.25, 0.3) is 0 Å². The Hall–Kier alpha value is -1.71. The number of methoxy groups -OCH3 is 2. The Balaban J connectivity index is 2.21. The van der Waals surface area contributed by atoms with Gasteiger partial charge in [0.05, 0.1) is 14.2 Å². The number of benzene rings is 2.